The van der Waals surface area contributed by atoms with E-state index in [1.165, 1.54) is 27.8 Å². The number of nitrogens with zero attached hydrogens (tertiary/aromatic N) is 4. The van der Waals surface area contributed by atoms with Gasteiger partial charge < -0.3 is 25.1 Å². The van der Waals surface area contributed by atoms with E-state index in [2.05, 4.69) is 12.2 Å². The summed E-state index contributed by atoms with van der Waals surface area (Å²) < 4.78 is 0. The summed E-state index contributed by atoms with van der Waals surface area (Å²) in [4.78, 5) is 85.2. The summed E-state index contributed by atoms with van der Waals surface area (Å²) in [5.41, 5.74) is 0. The van der Waals surface area contributed by atoms with Crippen molar-refractivity contribution < 1.29 is 33.9 Å². The first kappa shape index (κ1) is 38.9. The van der Waals surface area contributed by atoms with E-state index >= 15 is 0 Å². The Morgan fingerprint density at radius 2 is 1.67 bits per heavy atom. The molecule has 0 saturated carbocycles. The van der Waals surface area contributed by atoms with E-state index in [0.717, 1.165) is 37.0 Å². The number of hydrogen-bond donors (Lipinski definition) is 2. The molecule has 46 heavy (non-hydrogen) atoms. The highest BCUT2D eigenvalue weighted by molar-refractivity contribution is 6.06. The molecule has 2 aliphatic rings. The molecule has 0 aromatic rings. The highest BCUT2D eigenvalue weighted by atomic mass is 16.3. The Bertz CT molecular complexity index is 1120. The van der Waals surface area contributed by atoms with Crippen molar-refractivity contribution in [3.63, 3.8) is 0 Å². The van der Waals surface area contributed by atoms with Crippen LogP contribution in [0, 0.1) is 11.8 Å². The second-order valence-electron chi connectivity index (χ2n) is 13.5. The first-order chi connectivity index (χ1) is 21.7. The van der Waals surface area contributed by atoms with Gasteiger partial charge in [0.25, 0.3) is 11.8 Å². The van der Waals surface area contributed by atoms with Crippen LogP contribution >= 0.6 is 0 Å². The monoisotopic (exact) mass is 647 g/mol. The van der Waals surface area contributed by atoms with Gasteiger partial charge in [0.2, 0.25) is 23.6 Å². The average Bonchev–Trinajstić information content (AvgIpc) is 3.63. The van der Waals surface area contributed by atoms with Crippen molar-refractivity contribution in [1.82, 2.24) is 24.9 Å². The van der Waals surface area contributed by atoms with Gasteiger partial charge in [-0.25, -0.2) is 0 Å². The van der Waals surface area contributed by atoms with Crippen LogP contribution in [-0.4, -0.2) is 118 Å². The third-order valence-corrected chi connectivity index (χ3v) is 9.02. The molecule has 12 nitrogen and oxygen atoms in total. The predicted octanol–water partition coefficient (Wildman–Crippen LogP) is 2.48. The zero-order valence-corrected chi connectivity index (χ0v) is 29.2. The van der Waals surface area contributed by atoms with Crippen LogP contribution in [0.4, 0.5) is 0 Å². The third-order valence-electron chi connectivity index (χ3n) is 9.02. The topological polar surface area (TPSA) is 148 Å². The summed E-state index contributed by atoms with van der Waals surface area (Å²) in [6, 6.07) is -4.40. The van der Waals surface area contributed by atoms with Crippen LogP contribution in [0.1, 0.15) is 99.3 Å². The van der Waals surface area contributed by atoms with Gasteiger partial charge >= 0.3 is 0 Å². The van der Waals surface area contributed by atoms with E-state index in [1.807, 2.05) is 13.8 Å². The number of rotatable bonds is 17. The SMILES string of the molecule is CCCCCCCC(=O)N(C)[C@@H](CC(C)C)C(=O)N[C@@H](CO)C(=O)N(C)[C@H](C(=O)N1CCC[C@H]1C(=O)N1C(=O)C=C[C@@H]1C)C(C)C. The van der Waals surface area contributed by atoms with Crippen LogP contribution in [0.3, 0.4) is 0 Å². The Labute approximate surface area is 274 Å². The van der Waals surface area contributed by atoms with Crippen molar-refractivity contribution in [2.45, 2.75) is 130 Å². The first-order valence-corrected chi connectivity index (χ1v) is 17.0. The second-order valence-corrected chi connectivity index (χ2v) is 13.5. The Morgan fingerprint density at radius 3 is 2.22 bits per heavy atom. The minimum atomic E-state index is -1.34. The van der Waals surface area contributed by atoms with Gasteiger partial charge in [-0.3, -0.25) is 33.7 Å². The number of aliphatic hydroxyl groups is 1. The van der Waals surface area contributed by atoms with Crippen molar-refractivity contribution in [1.29, 1.82) is 0 Å². The van der Waals surface area contributed by atoms with Crippen LogP contribution in [0.25, 0.3) is 0 Å². The number of carbonyl (C=O) groups excluding carboxylic acids is 6. The van der Waals surface area contributed by atoms with Gasteiger partial charge in [-0.2, -0.15) is 0 Å². The molecule has 1 saturated heterocycles. The molecule has 0 aromatic heterocycles. The number of carbonyl (C=O) groups is 6. The maximum atomic E-state index is 14.0. The minimum Gasteiger partial charge on any atom is -0.394 e. The molecule has 2 heterocycles. The fourth-order valence-electron chi connectivity index (χ4n) is 6.37. The van der Waals surface area contributed by atoms with E-state index < -0.39 is 66.4 Å². The Morgan fingerprint density at radius 1 is 1.02 bits per heavy atom. The molecule has 0 spiro atoms. The van der Waals surface area contributed by atoms with Gasteiger partial charge in [-0.15, -0.1) is 0 Å². The largest absolute Gasteiger partial charge is 0.394 e. The first-order valence-electron chi connectivity index (χ1n) is 17.0. The normalized spacial score (nSPS) is 19.8. The molecule has 1 fully saturated rings. The fraction of sp³-hybridized carbons (Fsp3) is 0.765. The number of unbranched alkanes of at least 4 members (excludes halogenated alkanes) is 4. The summed E-state index contributed by atoms with van der Waals surface area (Å²) >= 11 is 0. The van der Waals surface area contributed by atoms with E-state index in [1.54, 1.807) is 33.9 Å². The van der Waals surface area contributed by atoms with Gasteiger partial charge in [0, 0.05) is 33.1 Å². The van der Waals surface area contributed by atoms with E-state index in [4.69, 9.17) is 0 Å². The second kappa shape index (κ2) is 18.2. The summed E-state index contributed by atoms with van der Waals surface area (Å²) in [6.07, 6.45) is 9.62. The van der Waals surface area contributed by atoms with E-state index in [0.29, 0.717) is 32.2 Å². The van der Waals surface area contributed by atoms with Crippen LogP contribution in [0.2, 0.25) is 0 Å². The van der Waals surface area contributed by atoms with Gasteiger partial charge in [0.1, 0.15) is 24.2 Å². The zero-order chi connectivity index (χ0) is 34.7. The Hall–Kier alpha value is -3.28. The minimum absolute atomic E-state index is 0.0789. The molecule has 0 aromatic carbocycles. The molecule has 5 atom stereocenters. The third kappa shape index (κ3) is 9.86. The lowest BCUT2D eigenvalue weighted by molar-refractivity contribution is -0.154. The lowest BCUT2D eigenvalue weighted by Gasteiger charge is -2.37. The van der Waals surface area contributed by atoms with E-state index in [9.17, 15) is 33.9 Å². The van der Waals surface area contributed by atoms with Crippen molar-refractivity contribution in [3.8, 4) is 0 Å². The molecule has 260 valence electrons. The quantitative estimate of drug-likeness (QED) is 0.182. The van der Waals surface area contributed by atoms with Crippen LogP contribution in [0.15, 0.2) is 12.2 Å². The van der Waals surface area contributed by atoms with Crippen LogP contribution in [0.5, 0.6) is 0 Å². The van der Waals surface area contributed by atoms with E-state index in [-0.39, 0.29) is 17.7 Å². The molecular formula is C34H57N5O7. The summed E-state index contributed by atoms with van der Waals surface area (Å²) in [6.45, 7) is 10.9. The number of amides is 6. The van der Waals surface area contributed by atoms with Gasteiger partial charge in [-0.05, 0) is 44.4 Å². The Balaban J connectivity index is 2.18. The molecule has 0 bridgehead atoms. The van der Waals surface area contributed by atoms with Crippen LogP contribution < -0.4 is 5.32 Å². The molecule has 0 aliphatic carbocycles. The summed E-state index contributed by atoms with van der Waals surface area (Å²) in [5, 5.41) is 12.9. The molecule has 2 aliphatic heterocycles. The highest BCUT2D eigenvalue weighted by Crippen LogP contribution is 2.26. The molecule has 0 unspecified atom stereocenters. The highest BCUT2D eigenvalue weighted by Gasteiger charge is 2.45. The predicted molar refractivity (Wildman–Crippen MR) is 175 cm³/mol. The number of imide groups is 1. The fourth-order valence-corrected chi connectivity index (χ4v) is 6.37. The molecule has 6 amide bonds. The van der Waals surface area contributed by atoms with Crippen molar-refractivity contribution in [2.75, 3.05) is 27.2 Å². The molecule has 0 radical (unpaired) electrons. The number of likely N-dealkylation sites (tertiary alicyclic amines) is 1. The lowest BCUT2D eigenvalue weighted by atomic mass is 9.99. The van der Waals surface area contributed by atoms with Crippen molar-refractivity contribution in [3.05, 3.63) is 12.2 Å². The molecule has 2 N–H and O–H groups in total. The summed E-state index contributed by atoms with van der Waals surface area (Å²) in [5.74, 6) is -2.94. The van der Waals surface area contributed by atoms with Gasteiger partial charge in [-0.1, -0.05) is 66.4 Å². The number of aliphatic hydroxyl groups excluding tert-OH is 1. The molecule has 2 rings (SSSR count). The molecule has 12 heteroatoms. The zero-order valence-electron chi connectivity index (χ0n) is 29.2. The van der Waals surface area contributed by atoms with Gasteiger partial charge in [0.15, 0.2) is 0 Å². The maximum absolute atomic E-state index is 14.0. The number of likely N-dealkylation sites (N-methyl/N-ethyl adjacent to an activating group) is 2. The number of nitrogens with one attached hydrogen (secondary N) is 1. The van der Waals surface area contributed by atoms with Crippen molar-refractivity contribution in [2.24, 2.45) is 11.8 Å². The Kier molecular flexibility index (Phi) is 15.4. The standard InChI is InChI=1S/C34H57N5O7/c1-9-10-11-12-13-16-28(41)36(7)27(20-22(2)3)31(43)35-25(21-40)32(44)37(8)30(23(4)5)34(46)38-19-14-15-26(38)33(45)39-24(6)17-18-29(39)42/h17-18,22-27,30,40H,9-16,19-21H2,1-8H3,(H,35,43)/t24-,25-,26-,27-,30-/m0/s1. The summed E-state index contributed by atoms with van der Waals surface area (Å²) in [7, 11) is 3.04. The molecular weight excluding hydrogens is 590 g/mol. The lowest BCUT2D eigenvalue weighted by Crippen LogP contribution is -2.60. The smallest absolute Gasteiger partial charge is 0.253 e. The van der Waals surface area contributed by atoms with Crippen LogP contribution in [-0.2, 0) is 28.8 Å². The van der Waals surface area contributed by atoms with Crippen molar-refractivity contribution >= 4 is 35.4 Å². The maximum Gasteiger partial charge on any atom is 0.253 e. The average molecular weight is 648 g/mol. The number of hydrogen-bond acceptors (Lipinski definition) is 7. The van der Waals surface area contributed by atoms with Gasteiger partial charge in [0.05, 0.1) is 12.6 Å².